The fraction of sp³-hybridized carbons (Fsp3) is 0.125. The first-order chi connectivity index (χ1) is 10.1. The van der Waals surface area contributed by atoms with Crippen molar-refractivity contribution in [3.63, 3.8) is 0 Å². The van der Waals surface area contributed by atoms with E-state index in [4.69, 9.17) is 0 Å². The van der Waals surface area contributed by atoms with E-state index in [-0.39, 0.29) is 0 Å². The van der Waals surface area contributed by atoms with E-state index in [9.17, 15) is 9.59 Å². The van der Waals surface area contributed by atoms with Crippen LogP contribution in [0.2, 0.25) is 0 Å². The molecule has 0 aliphatic carbocycles. The fourth-order valence-corrected chi connectivity index (χ4v) is 1.85. The summed E-state index contributed by atoms with van der Waals surface area (Å²) in [6.45, 7) is 0. The molecule has 0 saturated carbocycles. The van der Waals surface area contributed by atoms with Gasteiger partial charge in [0.2, 0.25) is 0 Å². The van der Waals surface area contributed by atoms with Gasteiger partial charge in [0.25, 0.3) is 0 Å². The summed E-state index contributed by atoms with van der Waals surface area (Å²) in [4.78, 5) is 23.0. The van der Waals surface area contributed by atoms with Crippen LogP contribution in [0.15, 0.2) is 48.5 Å². The molecule has 0 unspecified atom stereocenters. The van der Waals surface area contributed by atoms with Crippen LogP contribution in [-0.4, -0.2) is 26.2 Å². The van der Waals surface area contributed by atoms with Crippen molar-refractivity contribution in [3.8, 4) is 0 Å². The van der Waals surface area contributed by atoms with Gasteiger partial charge in [-0.05, 0) is 36.4 Å². The molecule has 0 radical (unpaired) electrons. The van der Waals surface area contributed by atoms with Gasteiger partial charge in [-0.2, -0.15) is 0 Å². The monoisotopic (exact) mass is 285 g/mol. The minimum Gasteiger partial charge on any atom is -0.465 e. The van der Waals surface area contributed by atoms with Gasteiger partial charge in [0.15, 0.2) is 0 Å². The van der Waals surface area contributed by atoms with Gasteiger partial charge < -0.3 is 14.8 Å². The van der Waals surface area contributed by atoms with Crippen LogP contribution < -0.4 is 5.32 Å². The summed E-state index contributed by atoms with van der Waals surface area (Å²) in [5, 5.41) is 3.13. The van der Waals surface area contributed by atoms with Gasteiger partial charge in [0.05, 0.1) is 25.3 Å². The molecule has 0 spiro atoms. The predicted octanol–water partition coefficient (Wildman–Crippen LogP) is 3.00. The van der Waals surface area contributed by atoms with E-state index in [1.807, 2.05) is 12.1 Å². The molecule has 0 aliphatic heterocycles. The van der Waals surface area contributed by atoms with Gasteiger partial charge in [-0.1, -0.05) is 12.1 Å². The van der Waals surface area contributed by atoms with Crippen molar-refractivity contribution >= 4 is 23.3 Å². The summed E-state index contributed by atoms with van der Waals surface area (Å²) in [7, 11) is 2.67. The molecule has 0 atom stereocenters. The standard InChI is InChI=1S/C16H15NO4/c1-20-15(18)11-5-3-7-13(9-11)17-14-8-4-6-12(10-14)16(19)21-2/h3-10,17H,1-2H3. The zero-order valence-electron chi connectivity index (χ0n) is 11.8. The van der Waals surface area contributed by atoms with E-state index in [0.29, 0.717) is 11.1 Å². The van der Waals surface area contributed by atoms with E-state index in [1.165, 1.54) is 14.2 Å². The molecule has 0 amide bonds. The van der Waals surface area contributed by atoms with Gasteiger partial charge in [0, 0.05) is 11.4 Å². The summed E-state index contributed by atoms with van der Waals surface area (Å²) >= 11 is 0. The van der Waals surface area contributed by atoms with E-state index in [2.05, 4.69) is 14.8 Å². The van der Waals surface area contributed by atoms with Crippen LogP contribution >= 0.6 is 0 Å². The van der Waals surface area contributed by atoms with Gasteiger partial charge >= 0.3 is 11.9 Å². The smallest absolute Gasteiger partial charge is 0.337 e. The number of rotatable bonds is 4. The number of nitrogens with one attached hydrogen (secondary N) is 1. The van der Waals surface area contributed by atoms with Crippen LogP contribution in [0.3, 0.4) is 0 Å². The molecule has 21 heavy (non-hydrogen) atoms. The molecule has 2 aromatic carbocycles. The molecule has 1 N–H and O–H groups in total. The summed E-state index contributed by atoms with van der Waals surface area (Å²) < 4.78 is 9.36. The number of carbonyl (C=O) groups excluding carboxylic acids is 2. The SMILES string of the molecule is COC(=O)c1cccc(Nc2cccc(C(=O)OC)c2)c1. The zero-order valence-corrected chi connectivity index (χ0v) is 11.8. The molecule has 0 fully saturated rings. The Morgan fingerprint density at radius 1 is 0.810 bits per heavy atom. The lowest BCUT2D eigenvalue weighted by atomic mass is 10.1. The molecule has 5 nitrogen and oxygen atoms in total. The van der Waals surface area contributed by atoms with Crippen molar-refractivity contribution in [3.05, 3.63) is 59.7 Å². The van der Waals surface area contributed by atoms with Crippen molar-refractivity contribution in [2.75, 3.05) is 19.5 Å². The highest BCUT2D eigenvalue weighted by molar-refractivity contribution is 5.92. The molecule has 0 heterocycles. The Bertz CT molecular complexity index is 609. The number of methoxy groups -OCH3 is 2. The summed E-state index contributed by atoms with van der Waals surface area (Å²) in [6.07, 6.45) is 0. The number of esters is 2. The average Bonchev–Trinajstić information content (AvgIpc) is 2.53. The minimum absolute atomic E-state index is 0.401. The third kappa shape index (κ3) is 3.60. The number of ether oxygens (including phenoxy) is 2. The number of anilines is 2. The van der Waals surface area contributed by atoms with Crippen LogP contribution in [-0.2, 0) is 9.47 Å². The van der Waals surface area contributed by atoms with E-state index in [0.717, 1.165) is 11.4 Å². The molecule has 0 aliphatic rings. The zero-order chi connectivity index (χ0) is 15.2. The average molecular weight is 285 g/mol. The van der Waals surface area contributed by atoms with Crippen molar-refractivity contribution < 1.29 is 19.1 Å². The minimum atomic E-state index is -0.401. The Labute approximate surface area is 122 Å². The van der Waals surface area contributed by atoms with Gasteiger partial charge in [-0.15, -0.1) is 0 Å². The highest BCUT2D eigenvalue weighted by atomic mass is 16.5. The van der Waals surface area contributed by atoms with Gasteiger partial charge in [-0.3, -0.25) is 0 Å². The van der Waals surface area contributed by atoms with E-state index in [1.54, 1.807) is 36.4 Å². The lowest BCUT2D eigenvalue weighted by molar-refractivity contribution is 0.0592. The lowest BCUT2D eigenvalue weighted by Crippen LogP contribution is -2.03. The van der Waals surface area contributed by atoms with E-state index >= 15 is 0 Å². The van der Waals surface area contributed by atoms with Gasteiger partial charge in [0.1, 0.15) is 0 Å². The second-order valence-electron chi connectivity index (χ2n) is 4.27. The number of hydrogen-bond acceptors (Lipinski definition) is 5. The molecule has 2 aromatic rings. The van der Waals surface area contributed by atoms with Crippen LogP contribution in [0.5, 0.6) is 0 Å². The Morgan fingerprint density at radius 3 is 1.62 bits per heavy atom. The maximum absolute atomic E-state index is 11.5. The lowest BCUT2D eigenvalue weighted by Gasteiger charge is -2.09. The van der Waals surface area contributed by atoms with Crippen LogP contribution in [0.4, 0.5) is 11.4 Å². The highest BCUT2D eigenvalue weighted by Crippen LogP contribution is 2.19. The quantitative estimate of drug-likeness (QED) is 0.875. The largest absolute Gasteiger partial charge is 0.465 e. The molecular weight excluding hydrogens is 270 g/mol. The van der Waals surface area contributed by atoms with Crippen molar-refractivity contribution in [2.24, 2.45) is 0 Å². The van der Waals surface area contributed by atoms with E-state index < -0.39 is 11.9 Å². The van der Waals surface area contributed by atoms with Crippen LogP contribution in [0, 0.1) is 0 Å². The first-order valence-corrected chi connectivity index (χ1v) is 6.28. The summed E-state index contributed by atoms with van der Waals surface area (Å²) in [5.74, 6) is -0.802. The molecule has 0 bridgehead atoms. The van der Waals surface area contributed by atoms with Crippen molar-refractivity contribution in [1.82, 2.24) is 0 Å². The molecule has 0 aromatic heterocycles. The topological polar surface area (TPSA) is 64.6 Å². The highest BCUT2D eigenvalue weighted by Gasteiger charge is 2.08. The third-order valence-corrected chi connectivity index (χ3v) is 2.86. The van der Waals surface area contributed by atoms with Crippen LogP contribution in [0.25, 0.3) is 0 Å². The molecule has 5 heteroatoms. The molecule has 2 rings (SSSR count). The Balaban J connectivity index is 2.22. The Kier molecular flexibility index (Phi) is 4.56. The summed E-state index contributed by atoms with van der Waals surface area (Å²) in [5.41, 5.74) is 2.35. The fourth-order valence-electron chi connectivity index (χ4n) is 1.85. The maximum Gasteiger partial charge on any atom is 0.337 e. The summed E-state index contributed by atoms with van der Waals surface area (Å²) in [6, 6.07) is 13.8. The molecule has 108 valence electrons. The molecular formula is C16H15NO4. The normalized spacial score (nSPS) is 9.81. The Hall–Kier alpha value is -2.82. The Morgan fingerprint density at radius 2 is 1.24 bits per heavy atom. The number of carbonyl (C=O) groups is 2. The number of benzene rings is 2. The first-order valence-electron chi connectivity index (χ1n) is 6.28. The van der Waals surface area contributed by atoms with Crippen molar-refractivity contribution in [2.45, 2.75) is 0 Å². The van der Waals surface area contributed by atoms with Crippen molar-refractivity contribution in [1.29, 1.82) is 0 Å². The second kappa shape index (κ2) is 6.56. The third-order valence-electron chi connectivity index (χ3n) is 2.86. The predicted molar refractivity (Wildman–Crippen MR) is 78.8 cm³/mol. The number of hydrogen-bond donors (Lipinski definition) is 1. The molecule has 0 saturated heterocycles. The van der Waals surface area contributed by atoms with Crippen LogP contribution in [0.1, 0.15) is 20.7 Å². The first kappa shape index (κ1) is 14.6. The van der Waals surface area contributed by atoms with Gasteiger partial charge in [-0.25, -0.2) is 9.59 Å². The second-order valence-corrected chi connectivity index (χ2v) is 4.27. The maximum atomic E-state index is 11.5.